The predicted octanol–water partition coefficient (Wildman–Crippen LogP) is 1.41. The molecule has 1 unspecified atom stereocenters. The Hall–Kier alpha value is -1.13. The molecule has 4 nitrogen and oxygen atoms in total. The van der Waals surface area contributed by atoms with Gasteiger partial charge in [0.2, 0.25) is 5.91 Å². The second-order valence-electron chi connectivity index (χ2n) is 3.10. The lowest BCUT2D eigenvalue weighted by atomic mass is 10.2. The number of carbonyl (C=O) groups is 1. The van der Waals surface area contributed by atoms with Gasteiger partial charge < -0.3 is 11.1 Å². The Morgan fingerprint density at radius 2 is 2.50 bits per heavy atom. The molecule has 1 atom stereocenters. The summed E-state index contributed by atoms with van der Waals surface area (Å²) in [6, 6.07) is 3.11. The molecule has 1 rings (SSSR count). The quantitative estimate of drug-likeness (QED) is 0.746. The molecule has 0 aliphatic heterocycles. The normalized spacial score (nSPS) is 12.2. The first-order valence-corrected chi connectivity index (χ1v) is 4.62. The molecule has 0 saturated heterocycles. The molecule has 0 bridgehead atoms. The van der Waals surface area contributed by atoms with Crippen LogP contribution in [0.25, 0.3) is 0 Å². The van der Waals surface area contributed by atoms with Crippen LogP contribution < -0.4 is 11.1 Å². The van der Waals surface area contributed by atoms with Gasteiger partial charge in [-0.1, -0.05) is 11.6 Å². The van der Waals surface area contributed by atoms with E-state index in [4.69, 9.17) is 17.3 Å². The van der Waals surface area contributed by atoms with E-state index in [1.807, 2.05) is 0 Å². The number of carbonyl (C=O) groups excluding carboxylic acids is 1. The zero-order valence-electron chi connectivity index (χ0n) is 7.83. The number of hydrogen-bond acceptors (Lipinski definition) is 3. The molecule has 1 aromatic rings. The van der Waals surface area contributed by atoms with Crippen molar-refractivity contribution < 1.29 is 4.79 Å². The first-order chi connectivity index (χ1) is 6.58. The largest absolute Gasteiger partial charge is 0.327 e. The summed E-state index contributed by atoms with van der Waals surface area (Å²) >= 11 is 5.65. The number of anilines is 1. The molecule has 0 saturated carbocycles. The van der Waals surface area contributed by atoms with Crippen LogP contribution >= 0.6 is 11.6 Å². The Balaban J connectivity index is 2.56. The lowest BCUT2D eigenvalue weighted by molar-refractivity contribution is -0.116. The van der Waals surface area contributed by atoms with E-state index in [0.717, 1.165) is 0 Å². The third-order valence-electron chi connectivity index (χ3n) is 1.52. The highest BCUT2D eigenvalue weighted by atomic mass is 35.5. The van der Waals surface area contributed by atoms with Gasteiger partial charge in [-0.3, -0.25) is 4.79 Å². The van der Waals surface area contributed by atoms with Gasteiger partial charge in [0.25, 0.3) is 0 Å². The molecular weight excluding hydrogens is 202 g/mol. The van der Waals surface area contributed by atoms with Crippen molar-refractivity contribution in [2.24, 2.45) is 5.73 Å². The van der Waals surface area contributed by atoms with Crippen molar-refractivity contribution in [3.8, 4) is 0 Å². The highest BCUT2D eigenvalue weighted by Gasteiger charge is 2.05. The number of aromatic nitrogens is 1. The topological polar surface area (TPSA) is 68.0 Å². The molecule has 0 aliphatic carbocycles. The van der Waals surface area contributed by atoms with Gasteiger partial charge >= 0.3 is 0 Å². The molecular formula is C9H12ClN3O. The van der Waals surface area contributed by atoms with E-state index >= 15 is 0 Å². The zero-order valence-corrected chi connectivity index (χ0v) is 8.58. The molecule has 0 fully saturated rings. The summed E-state index contributed by atoms with van der Waals surface area (Å²) in [5.41, 5.74) is 6.11. The van der Waals surface area contributed by atoms with Crippen LogP contribution in [0.1, 0.15) is 13.3 Å². The van der Waals surface area contributed by atoms with Crippen LogP contribution in [0.3, 0.4) is 0 Å². The van der Waals surface area contributed by atoms with E-state index in [1.54, 1.807) is 19.1 Å². The molecule has 1 amide bonds. The van der Waals surface area contributed by atoms with Gasteiger partial charge in [-0.05, 0) is 19.1 Å². The van der Waals surface area contributed by atoms with Crippen molar-refractivity contribution in [1.82, 2.24) is 4.98 Å². The third kappa shape index (κ3) is 3.72. The zero-order chi connectivity index (χ0) is 10.6. The van der Waals surface area contributed by atoms with Crippen molar-refractivity contribution in [1.29, 1.82) is 0 Å². The van der Waals surface area contributed by atoms with Gasteiger partial charge in [0, 0.05) is 24.3 Å². The summed E-state index contributed by atoms with van der Waals surface area (Å²) in [6.07, 6.45) is 1.82. The summed E-state index contributed by atoms with van der Waals surface area (Å²) in [6.45, 7) is 1.78. The standard InChI is InChI=1S/C9H12ClN3O/c1-6(11)4-9(14)13-7-2-3-12-8(10)5-7/h2-3,5-6H,4,11H2,1H3,(H,12,13,14). The molecule has 0 radical (unpaired) electrons. The fourth-order valence-corrected chi connectivity index (χ4v) is 1.16. The fraction of sp³-hybridized carbons (Fsp3) is 0.333. The lowest BCUT2D eigenvalue weighted by Crippen LogP contribution is -2.23. The van der Waals surface area contributed by atoms with Gasteiger partial charge in [0.1, 0.15) is 5.15 Å². The number of rotatable bonds is 3. The van der Waals surface area contributed by atoms with E-state index in [2.05, 4.69) is 10.3 Å². The molecule has 0 aliphatic rings. The highest BCUT2D eigenvalue weighted by Crippen LogP contribution is 2.11. The molecule has 1 heterocycles. The van der Waals surface area contributed by atoms with E-state index < -0.39 is 0 Å². The molecule has 5 heteroatoms. The van der Waals surface area contributed by atoms with E-state index in [-0.39, 0.29) is 11.9 Å². The van der Waals surface area contributed by atoms with Gasteiger partial charge in [0.15, 0.2) is 0 Å². The molecule has 76 valence electrons. The minimum Gasteiger partial charge on any atom is -0.327 e. The highest BCUT2D eigenvalue weighted by molar-refractivity contribution is 6.29. The van der Waals surface area contributed by atoms with Crippen LogP contribution in [0, 0.1) is 0 Å². The maximum Gasteiger partial charge on any atom is 0.225 e. The van der Waals surface area contributed by atoms with Crippen molar-refractivity contribution in [3.05, 3.63) is 23.5 Å². The Morgan fingerprint density at radius 1 is 1.79 bits per heavy atom. The Labute approximate surface area is 87.5 Å². The average molecular weight is 214 g/mol. The SMILES string of the molecule is CC(N)CC(=O)Nc1ccnc(Cl)c1. The van der Waals surface area contributed by atoms with Crippen molar-refractivity contribution in [3.63, 3.8) is 0 Å². The van der Waals surface area contributed by atoms with E-state index in [1.165, 1.54) is 6.20 Å². The summed E-state index contributed by atoms with van der Waals surface area (Å²) < 4.78 is 0. The minimum atomic E-state index is -0.146. The maximum absolute atomic E-state index is 11.3. The summed E-state index contributed by atoms with van der Waals surface area (Å²) in [4.78, 5) is 15.1. The Morgan fingerprint density at radius 3 is 3.07 bits per heavy atom. The maximum atomic E-state index is 11.3. The fourth-order valence-electron chi connectivity index (χ4n) is 0.985. The van der Waals surface area contributed by atoms with Gasteiger partial charge in [-0.25, -0.2) is 4.98 Å². The Bertz CT molecular complexity index is 328. The van der Waals surface area contributed by atoms with Crippen molar-refractivity contribution in [2.75, 3.05) is 5.32 Å². The van der Waals surface area contributed by atoms with Crippen molar-refractivity contribution >= 4 is 23.2 Å². The summed E-state index contributed by atoms with van der Waals surface area (Å²) in [7, 11) is 0. The van der Waals surface area contributed by atoms with Crippen LogP contribution in [0.2, 0.25) is 5.15 Å². The first-order valence-electron chi connectivity index (χ1n) is 4.25. The van der Waals surface area contributed by atoms with Gasteiger partial charge in [-0.15, -0.1) is 0 Å². The second kappa shape index (κ2) is 4.93. The molecule has 14 heavy (non-hydrogen) atoms. The van der Waals surface area contributed by atoms with E-state index in [0.29, 0.717) is 17.3 Å². The third-order valence-corrected chi connectivity index (χ3v) is 1.72. The van der Waals surface area contributed by atoms with Crippen molar-refractivity contribution in [2.45, 2.75) is 19.4 Å². The van der Waals surface area contributed by atoms with Crippen LogP contribution in [0.5, 0.6) is 0 Å². The smallest absolute Gasteiger partial charge is 0.225 e. The van der Waals surface area contributed by atoms with E-state index in [9.17, 15) is 4.79 Å². The molecule has 1 aromatic heterocycles. The Kier molecular flexibility index (Phi) is 3.85. The number of nitrogens with zero attached hydrogens (tertiary/aromatic N) is 1. The van der Waals surface area contributed by atoms with Crippen LogP contribution in [0.4, 0.5) is 5.69 Å². The predicted molar refractivity (Wildman–Crippen MR) is 56.1 cm³/mol. The number of hydrogen-bond donors (Lipinski definition) is 2. The number of halogens is 1. The van der Waals surface area contributed by atoms with Gasteiger partial charge in [0.05, 0.1) is 0 Å². The van der Waals surface area contributed by atoms with Gasteiger partial charge in [-0.2, -0.15) is 0 Å². The molecule has 3 N–H and O–H groups in total. The van der Waals surface area contributed by atoms with Crippen LogP contribution in [-0.2, 0) is 4.79 Å². The molecule has 0 spiro atoms. The van der Waals surface area contributed by atoms with Crippen LogP contribution in [-0.4, -0.2) is 16.9 Å². The average Bonchev–Trinajstić information content (AvgIpc) is 2.01. The summed E-state index contributed by atoms with van der Waals surface area (Å²) in [5.74, 6) is -0.123. The molecule has 0 aromatic carbocycles. The monoisotopic (exact) mass is 213 g/mol. The lowest BCUT2D eigenvalue weighted by Gasteiger charge is -2.06. The minimum absolute atomic E-state index is 0.123. The number of nitrogens with two attached hydrogens (primary N) is 1. The number of amides is 1. The summed E-state index contributed by atoms with van der Waals surface area (Å²) in [5, 5.41) is 3.02. The second-order valence-corrected chi connectivity index (χ2v) is 3.48. The van der Waals surface area contributed by atoms with Crippen LogP contribution in [0.15, 0.2) is 18.3 Å². The number of pyridine rings is 1. The first kappa shape index (κ1) is 10.9. The number of nitrogens with one attached hydrogen (secondary N) is 1.